The monoisotopic (exact) mass is 173 g/mol. The number of carbonyl (C=O) groups excluding carboxylic acids is 1. The highest BCUT2D eigenvalue weighted by Crippen LogP contribution is 2.04. The number of rotatable bonds is 3. The van der Waals surface area contributed by atoms with Gasteiger partial charge in [-0.2, -0.15) is 0 Å². The van der Waals surface area contributed by atoms with Gasteiger partial charge in [-0.3, -0.25) is 4.79 Å². The van der Waals surface area contributed by atoms with Crippen molar-refractivity contribution in [3.8, 4) is 0 Å². The van der Waals surface area contributed by atoms with Crippen molar-refractivity contribution in [2.45, 2.75) is 26.8 Å². The maximum absolute atomic E-state index is 10.9. The average molecular weight is 173 g/mol. The molecule has 4 heteroatoms. The van der Waals surface area contributed by atoms with Crippen LogP contribution in [0.4, 0.5) is 0 Å². The van der Waals surface area contributed by atoms with Gasteiger partial charge in [0, 0.05) is 0 Å². The maximum Gasteiger partial charge on any atom is 0.164 e. The largest absolute Gasteiger partial charge is 0.376 e. The lowest BCUT2D eigenvalue weighted by molar-refractivity contribution is -0.118. The van der Waals surface area contributed by atoms with Crippen LogP contribution in [0.2, 0.25) is 0 Å². The minimum absolute atomic E-state index is 0.0257. The van der Waals surface area contributed by atoms with Crippen molar-refractivity contribution >= 4 is 23.1 Å². The van der Waals surface area contributed by atoms with Crippen molar-refractivity contribution in [2.75, 3.05) is 0 Å². The summed E-state index contributed by atoms with van der Waals surface area (Å²) in [5, 5.41) is 2.86. The molecule has 0 saturated carbocycles. The highest BCUT2D eigenvalue weighted by molar-refractivity contribution is 7.80. The first-order valence-electron chi connectivity index (χ1n) is 3.31. The predicted molar refractivity (Wildman–Crippen MR) is 49.0 cm³/mol. The summed E-state index contributed by atoms with van der Waals surface area (Å²) in [5.41, 5.74) is 5.22. The van der Waals surface area contributed by atoms with Gasteiger partial charge in [-0.1, -0.05) is 13.8 Å². The van der Waals surface area contributed by atoms with Crippen LogP contribution in [0.15, 0.2) is 0 Å². The molecule has 0 aromatic carbocycles. The van der Waals surface area contributed by atoms with Crippen molar-refractivity contribution in [1.29, 1.82) is 0 Å². The molecule has 0 saturated heterocycles. The van der Waals surface area contributed by atoms with E-state index >= 15 is 0 Å². The van der Waals surface area contributed by atoms with Crippen LogP contribution in [0.25, 0.3) is 0 Å². The van der Waals surface area contributed by atoms with Gasteiger partial charge in [0.1, 0.15) is 0 Å². The fourth-order valence-electron chi connectivity index (χ4n) is 0.795. The summed E-state index contributed by atoms with van der Waals surface area (Å²) in [6.45, 7) is 5.22. The lowest BCUT2D eigenvalue weighted by atomic mass is 10.0. The number of nitrogens with one attached hydrogen (secondary N) is 1. The SMILES string of the molecule is C[C](C)C(NC(N)=S)C(C)=O. The van der Waals surface area contributed by atoms with Gasteiger partial charge in [-0.05, 0) is 25.1 Å². The van der Waals surface area contributed by atoms with Gasteiger partial charge in [-0.15, -0.1) is 0 Å². The zero-order chi connectivity index (χ0) is 9.02. The van der Waals surface area contributed by atoms with Crippen molar-refractivity contribution < 1.29 is 4.79 Å². The zero-order valence-corrected chi connectivity index (χ0v) is 7.79. The Hall–Kier alpha value is -0.640. The highest BCUT2D eigenvalue weighted by atomic mass is 32.1. The number of hydrogen-bond donors (Lipinski definition) is 2. The van der Waals surface area contributed by atoms with Crippen molar-refractivity contribution in [3.63, 3.8) is 0 Å². The summed E-state index contributed by atoms with van der Waals surface area (Å²) in [6, 6.07) is -0.326. The van der Waals surface area contributed by atoms with Crippen LogP contribution in [-0.2, 0) is 4.79 Å². The fourth-order valence-corrected chi connectivity index (χ4v) is 0.913. The Morgan fingerprint density at radius 2 is 1.91 bits per heavy atom. The van der Waals surface area contributed by atoms with E-state index in [1.165, 1.54) is 6.92 Å². The third kappa shape index (κ3) is 3.93. The standard InChI is InChI=1S/C7H13N2OS/c1-4(2)6(5(3)10)9-7(8)11/h6H,1-3H3,(H3,8,9,11). The number of ketones is 1. The summed E-state index contributed by atoms with van der Waals surface area (Å²) in [7, 11) is 0. The van der Waals surface area contributed by atoms with Gasteiger partial charge in [0.15, 0.2) is 10.9 Å². The third-order valence-corrected chi connectivity index (χ3v) is 1.39. The van der Waals surface area contributed by atoms with Crippen molar-refractivity contribution in [1.82, 2.24) is 5.32 Å². The lowest BCUT2D eigenvalue weighted by Gasteiger charge is -2.18. The van der Waals surface area contributed by atoms with Gasteiger partial charge in [0.05, 0.1) is 6.04 Å². The number of nitrogens with two attached hydrogens (primary N) is 1. The molecule has 1 atom stereocenters. The van der Waals surface area contributed by atoms with Crippen molar-refractivity contribution in [3.05, 3.63) is 5.92 Å². The molecule has 0 fully saturated rings. The Labute approximate surface area is 72.3 Å². The van der Waals surface area contributed by atoms with E-state index in [9.17, 15) is 4.79 Å². The molecule has 1 radical (unpaired) electrons. The Balaban J connectivity index is 4.12. The highest BCUT2D eigenvalue weighted by Gasteiger charge is 2.18. The van der Waals surface area contributed by atoms with Gasteiger partial charge in [0.2, 0.25) is 0 Å². The molecule has 0 bridgehead atoms. The summed E-state index contributed by atoms with van der Waals surface area (Å²) in [6.07, 6.45) is 0. The number of carbonyl (C=O) groups is 1. The molecule has 63 valence electrons. The molecule has 0 aliphatic heterocycles. The predicted octanol–water partition coefficient (Wildman–Crippen LogP) is 0.391. The second kappa shape index (κ2) is 4.28. The van der Waals surface area contributed by atoms with Gasteiger partial charge < -0.3 is 11.1 Å². The van der Waals surface area contributed by atoms with Crippen LogP contribution in [0, 0.1) is 5.92 Å². The first-order valence-corrected chi connectivity index (χ1v) is 3.72. The molecule has 0 amide bonds. The topological polar surface area (TPSA) is 55.1 Å². The van der Waals surface area contributed by atoms with Gasteiger partial charge >= 0.3 is 0 Å². The zero-order valence-electron chi connectivity index (χ0n) is 6.97. The minimum atomic E-state index is -0.326. The first-order chi connectivity index (χ1) is 4.95. The van der Waals surface area contributed by atoms with E-state index in [1.54, 1.807) is 0 Å². The third-order valence-electron chi connectivity index (χ3n) is 1.27. The molecule has 0 rings (SSSR count). The van der Waals surface area contributed by atoms with E-state index < -0.39 is 0 Å². The average Bonchev–Trinajstić information content (AvgIpc) is 1.81. The van der Waals surface area contributed by atoms with E-state index in [0.29, 0.717) is 0 Å². The minimum Gasteiger partial charge on any atom is -0.376 e. The number of Topliss-reactive ketones (excluding diaryl/α,β-unsaturated/α-hetero) is 1. The van der Waals surface area contributed by atoms with Gasteiger partial charge in [0.25, 0.3) is 0 Å². The molecular weight excluding hydrogens is 160 g/mol. The van der Waals surface area contributed by atoms with Gasteiger partial charge in [-0.25, -0.2) is 0 Å². The molecule has 0 aliphatic carbocycles. The Morgan fingerprint density at radius 3 is 2.00 bits per heavy atom. The van der Waals surface area contributed by atoms with E-state index in [1.807, 2.05) is 13.8 Å². The summed E-state index contributed by atoms with van der Waals surface area (Å²) >= 11 is 4.61. The molecule has 1 unspecified atom stereocenters. The van der Waals surface area contributed by atoms with Crippen LogP contribution in [0.1, 0.15) is 20.8 Å². The number of hydrogen-bond acceptors (Lipinski definition) is 2. The van der Waals surface area contributed by atoms with E-state index in [-0.39, 0.29) is 16.9 Å². The molecule has 0 aromatic rings. The Bertz CT molecular complexity index is 168. The fraction of sp³-hybridized carbons (Fsp3) is 0.571. The first kappa shape index (κ1) is 10.4. The number of thiocarbonyl (C=S) groups is 1. The van der Waals surface area contributed by atoms with Crippen LogP contribution in [0.5, 0.6) is 0 Å². The molecule has 0 aliphatic rings. The lowest BCUT2D eigenvalue weighted by Crippen LogP contribution is -2.44. The second-order valence-electron chi connectivity index (χ2n) is 2.63. The second-order valence-corrected chi connectivity index (χ2v) is 3.07. The Morgan fingerprint density at radius 1 is 1.45 bits per heavy atom. The van der Waals surface area contributed by atoms with Crippen molar-refractivity contribution in [2.24, 2.45) is 5.73 Å². The molecule has 0 spiro atoms. The van der Waals surface area contributed by atoms with Crippen LogP contribution < -0.4 is 11.1 Å². The van der Waals surface area contributed by atoms with Crippen LogP contribution in [-0.4, -0.2) is 16.9 Å². The summed E-state index contributed by atoms with van der Waals surface area (Å²) in [4.78, 5) is 10.9. The molecule has 3 N–H and O–H groups in total. The van der Waals surface area contributed by atoms with Crippen LogP contribution >= 0.6 is 12.2 Å². The molecule has 0 aromatic heterocycles. The normalized spacial score (nSPS) is 12.7. The van der Waals surface area contributed by atoms with E-state index in [4.69, 9.17) is 5.73 Å². The smallest absolute Gasteiger partial charge is 0.164 e. The Kier molecular flexibility index (Phi) is 4.03. The van der Waals surface area contributed by atoms with Crippen LogP contribution in [0.3, 0.4) is 0 Å². The molecular formula is C7H13N2OS. The molecule has 11 heavy (non-hydrogen) atoms. The van der Waals surface area contributed by atoms with E-state index in [2.05, 4.69) is 17.5 Å². The molecule has 3 nitrogen and oxygen atoms in total. The molecule has 0 heterocycles. The summed E-state index contributed by atoms with van der Waals surface area (Å²) in [5.74, 6) is 0.989. The summed E-state index contributed by atoms with van der Waals surface area (Å²) < 4.78 is 0. The quantitative estimate of drug-likeness (QED) is 0.606. The maximum atomic E-state index is 10.9. The van der Waals surface area contributed by atoms with E-state index in [0.717, 1.165) is 5.92 Å².